The first-order valence-corrected chi connectivity index (χ1v) is 8.99. The van der Waals surface area contributed by atoms with Gasteiger partial charge in [0.1, 0.15) is 11.3 Å². The Kier molecular flexibility index (Phi) is 7.70. The molecule has 0 spiro atoms. The van der Waals surface area contributed by atoms with Crippen molar-refractivity contribution in [2.24, 2.45) is 0 Å². The van der Waals surface area contributed by atoms with Gasteiger partial charge >= 0.3 is 0 Å². The smallest absolute Gasteiger partial charge is 0.158 e. The van der Waals surface area contributed by atoms with Gasteiger partial charge in [-0.05, 0) is 23.5 Å². The molecule has 0 aliphatic rings. The quantitative estimate of drug-likeness (QED) is 0.443. The van der Waals surface area contributed by atoms with E-state index in [1.54, 1.807) is 0 Å². The van der Waals surface area contributed by atoms with Crippen molar-refractivity contribution in [1.29, 1.82) is 0 Å². The third kappa shape index (κ3) is 6.08. The van der Waals surface area contributed by atoms with E-state index in [9.17, 15) is 5.21 Å². The fraction of sp³-hybridized carbons (Fsp3) is 0.667. The van der Waals surface area contributed by atoms with Crippen molar-refractivity contribution >= 4 is 11.0 Å². The lowest BCUT2D eigenvalue weighted by Gasteiger charge is -2.06. The molecule has 0 bridgehead atoms. The van der Waals surface area contributed by atoms with Gasteiger partial charge in [-0.3, -0.25) is 0 Å². The van der Waals surface area contributed by atoms with Crippen LogP contribution in [0.5, 0.6) is 5.75 Å². The monoisotopic (exact) mass is 319 g/mol. The largest absolute Gasteiger partial charge is 0.491 e. The Hall–Kier alpha value is -1.78. The Bertz CT molecular complexity index is 568. The lowest BCUT2D eigenvalue weighted by Crippen LogP contribution is -1.98. The first kappa shape index (κ1) is 17.6. The van der Waals surface area contributed by atoms with Gasteiger partial charge in [0, 0.05) is 0 Å². The van der Waals surface area contributed by atoms with Crippen LogP contribution < -0.4 is 4.74 Å². The summed E-state index contributed by atoms with van der Waals surface area (Å²) in [6, 6.07) is 5.54. The van der Waals surface area contributed by atoms with E-state index in [0.717, 1.165) is 6.42 Å². The highest BCUT2D eigenvalue weighted by Crippen LogP contribution is 2.22. The van der Waals surface area contributed by atoms with Crippen molar-refractivity contribution in [3.63, 3.8) is 0 Å². The number of nitrogens with zero attached hydrogens (tertiary/aromatic N) is 3. The molecular formula is C18H29N3O2. The summed E-state index contributed by atoms with van der Waals surface area (Å²) >= 11 is 0. The summed E-state index contributed by atoms with van der Waals surface area (Å²) in [4.78, 5) is 0.595. The number of hydrogen-bond acceptors (Lipinski definition) is 4. The van der Waals surface area contributed by atoms with Crippen molar-refractivity contribution in [3.8, 4) is 5.75 Å². The van der Waals surface area contributed by atoms with Crippen LogP contribution in [-0.4, -0.2) is 27.0 Å². The molecule has 2 rings (SSSR count). The first-order chi connectivity index (χ1) is 11.3. The molecule has 23 heavy (non-hydrogen) atoms. The molecule has 1 aromatic carbocycles. The average Bonchev–Trinajstić information content (AvgIpc) is 2.93. The highest BCUT2D eigenvalue weighted by Gasteiger charge is 2.07. The molecule has 0 aliphatic heterocycles. The van der Waals surface area contributed by atoms with Crippen LogP contribution in [0.1, 0.15) is 71.1 Å². The van der Waals surface area contributed by atoms with E-state index < -0.39 is 0 Å². The number of rotatable bonds is 12. The highest BCUT2D eigenvalue weighted by atomic mass is 16.5. The highest BCUT2D eigenvalue weighted by molar-refractivity contribution is 5.80. The Morgan fingerprint density at radius 1 is 0.913 bits per heavy atom. The minimum Gasteiger partial charge on any atom is -0.491 e. The molecule has 1 aromatic heterocycles. The maximum atomic E-state index is 9.28. The predicted molar refractivity (Wildman–Crippen MR) is 92.1 cm³/mol. The van der Waals surface area contributed by atoms with E-state index in [2.05, 4.69) is 17.1 Å². The Labute approximate surface area is 138 Å². The summed E-state index contributed by atoms with van der Waals surface area (Å²) in [7, 11) is 0. The molecule has 5 nitrogen and oxygen atoms in total. The van der Waals surface area contributed by atoms with Gasteiger partial charge in [-0.25, -0.2) is 0 Å². The molecule has 1 N–H and O–H groups in total. The number of hydrogen-bond donors (Lipinski definition) is 1. The van der Waals surface area contributed by atoms with Gasteiger partial charge in [-0.15, -0.1) is 10.2 Å². The van der Waals surface area contributed by atoms with Crippen molar-refractivity contribution < 1.29 is 9.94 Å². The van der Waals surface area contributed by atoms with Gasteiger partial charge < -0.3 is 9.94 Å². The Morgan fingerprint density at radius 3 is 2.26 bits per heavy atom. The van der Waals surface area contributed by atoms with Crippen LogP contribution in [0.3, 0.4) is 0 Å². The zero-order valence-corrected chi connectivity index (χ0v) is 14.2. The summed E-state index contributed by atoms with van der Waals surface area (Å²) < 4.78 is 5.78. The maximum absolute atomic E-state index is 9.28. The van der Waals surface area contributed by atoms with Crippen LogP contribution in [0.15, 0.2) is 18.2 Å². The third-order valence-corrected chi connectivity index (χ3v) is 4.12. The summed E-state index contributed by atoms with van der Waals surface area (Å²) in [6.45, 7) is 2.95. The van der Waals surface area contributed by atoms with E-state index in [4.69, 9.17) is 4.74 Å². The number of aromatic nitrogens is 3. The molecule has 0 saturated carbocycles. The zero-order valence-electron chi connectivity index (χ0n) is 14.2. The second-order valence-electron chi connectivity index (χ2n) is 6.12. The van der Waals surface area contributed by atoms with Crippen molar-refractivity contribution in [2.75, 3.05) is 6.61 Å². The van der Waals surface area contributed by atoms with E-state index in [-0.39, 0.29) is 0 Å². The normalized spacial score (nSPS) is 11.2. The first-order valence-electron chi connectivity index (χ1n) is 8.99. The van der Waals surface area contributed by atoms with Crippen LogP contribution in [0.2, 0.25) is 0 Å². The summed E-state index contributed by atoms with van der Waals surface area (Å²) in [5.41, 5.74) is 1.26. The lowest BCUT2D eigenvalue weighted by atomic mass is 10.1. The van der Waals surface area contributed by atoms with E-state index in [1.807, 2.05) is 18.2 Å². The molecule has 2 aromatic rings. The molecule has 0 saturated heterocycles. The van der Waals surface area contributed by atoms with Crippen molar-refractivity contribution in [3.05, 3.63) is 18.2 Å². The lowest BCUT2D eigenvalue weighted by molar-refractivity contribution is 0.113. The number of benzene rings is 1. The van der Waals surface area contributed by atoms with Gasteiger partial charge in [-0.1, -0.05) is 70.8 Å². The topological polar surface area (TPSA) is 60.2 Å². The maximum Gasteiger partial charge on any atom is 0.158 e. The number of unbranched alkanes of at least 4 members (excludes halogenated alkanes) is 9. The van der Waals surface area contributed by atoms with Gasteiger partial charge in [-0.2, -0.15) is 0 Å². The van der Waals surface area contributed by atoms with E-state index in [1.165, 1.54) is 57.8 Å². The average molecular weight is 319 g/mol. The molecule has 5 heteroatoms. The molecule has 0 unspecified atom stereocenters. The fourth-order valence-electron chi connectivity index (χ4n) is 2.79. The standard InChI is InChI=1S/C18H29N3O2/c1-2-3-4-5-6-7-8-9-10-11-15-23-17-14-12-13-16-18(17)20-21(22)19-16/h12-14,22H,2-11,15H2,1H3. The SMILES string of the molecule is CCCCCCCCCCCCOc1cccc2nn(O)nc12. The summed E-state index contributed by atoms with van der Waals surface area (Å²) in [6.07, 6.45) is 13.1. The van der Waals surface area contributed by atoms with E-state index >= 15 is 0 Å². The van der Waals surface area contributed by atoms with E-state index in [0.29, 0.717) is 28.3 Å². The van der Waals surface area contributed by atoms with Gasteiger partial charge in [0.25, 0.3) is 0 Å². The van der Waals surface area contributed by atoms with Crippen LogP contribution in [0.4, 0.5) is 0 Å². The predicted octanol–water partition coefficient (Wildman–Crippen LogP) is 4.97. The second kappa shape index (κ2) is 10.1. The summed E-state index contributed by atoms with van der Waals surface area (Å²) in [5, 5.41) is 17.1. The van der Waals surface area contributed by atoms with Crippen LogP contribution in [0.25, 0.3) is 11.0 Å². The van der Waals surface area contributed by atoms with Gasteiger partial charge in [0.05, 0.1) is 6.61 Å². The van der Waals surface area contributed by atoms with Crippen LogP contribution in [-0.2, 0) is 0 Å². The molecule has 1 heterocycles. The molecule has 0 aliphatic carbocycles. The second-order valence-corrected chi connectivity index (χ2v) is 6.12. The van der Waals surface area contributed by atoms with Crippen LogP contribution >= 0.6 is 0 Å². The Balaban J connectivity index is 1.54. The van der Waals surface area contributed by atoms with Crippen molar-refractivity contribution in [2.45, 2.75) is 71.1 Å². The van der Waals surface area contributed by atoms with Crippen molar-refractivity contribution in [1.82, 2.24) is 15.2 Å². The Morgan fingerprint density at radius 2 is 1.57 bits per heavy atom. The third-order valence-electron chi connectivity index (χ3n) is 4.12. The minimum absolute atomic E-state index is 0.595. The molecule has 0 radical (unpaired) electrons. The molecule has 0 fully saturated rings. The minimum atomic E-state index is 0.595. The van der Waals surface area contributed by atoms with Gasteiger partial charge in [0.15, 0.2) is 5.52 Å². The zero-order chi connectivity index (χ0) is 16.3. The summed E-state index contributed by atoms with van der Waals surface area (Å²) in [5.74, 6) is 0.693. The van der Waals surface area contributed by atoms with Crippen LogP contribution in [0, 0.1) is 0 Å². The molecule has 0 atom stereocenters. The number of fused-ring (bicyclic) bond motifs is 1. The molecule has 128 valence electrons. The molecular weight excluding hydrogens is 290 g/mol. The molecule has 0 amide bonds. The van der Waals surface area contributed by atoms with Gasteiger partial charge in [0.2, 0.25) is 0 Å². The fourth-order valence-corrected chi connectivity index (χ4v) is 2.79. The number of ether oxygens (including phenoxy) is 1.